The van der Waals surface area contributed by atoms with Crippen LogP contribution in [0.3, 0.4) is 0 Å². The fraction of sp³-hybridized carbons (Fsp3) is 0.667. The Balaban J connectivity index is 2.15. The first-order valence-corrected chi connectivity index (χ1v) is 6.25. The van der Waals surface area contributed by atoms with Crippen LogP contribution >= 0.6 is 0 Å². The Morgan fingerprint density at radius 2 is 2.18 bits per heavy atom. The highest BCUT2D eigenvalue weighted by molar-refractivity contribution is 5.98. The van der Waals surface area contributed by atoms with Crippen molar-refractivity contribution in [3.63, 3.8) is 0 Å². The molecule has 1 heterocycles. The highest BCUT2D eigenvalue weighted by Gasteiger charge is 2.23. The Labute approximate surface area is 101 Å². The molecule has 94 valence electrons. The lowest BCUT2D eigenvalue weighted by Crippen LogP contribution is -2.34. The summed E-state index contributed by atoms with van der Waals surface area (Å²) in [5.74, 6) is -0.0934. The van der Waals surface area contributed by atoms with Crippen LogP contribution in [-0.2, 0) is 13.5 Å². The number of nitrogens with zero attached hydrogens (tertiary/aromatic N) is 2. The molecule has 1 saturated carbocycles. The molecule has 3 N–H and O–H groups in total. The van der Waals surface area contributed by atoms with Crippen molar-refractivity contribution >= 4 is 11.6 Å². The number of nitrogen functional groups attached to an aromatic ring is 1. The van der Waals surface area contributed by atoms with E-state index in [2.05, 4.69) is 10.4 Å². The summed E-state index contributed by atoms with van der Waals surface area (Å²) >= 11 is 0. The summed E-state index contributed by atoms with van der Waals surface area (Å²) in [7, 11) is 1.76. The third kappa shape index (κ3) is 2.28. The van der Waals surface area contributed by atoms with Gasteiger partial charge in [0.05, 0.1) is 11.4 Å². The lowest BCUT2D eigenvalue weighted by molar-refractivity contribution is 0.0929. The molecule has 0 radical (unpaired) electrons. The zero-order valence-electron chi connectivity index (χ0n) is 10.5. The van der Waals surface area contributed by atoms with Gasteiger partial charge in [0.1, 0.15) is 5.69 Å². The molecule has 1 aliphatic rings. The summed E-state index contributed by atoms with van der Waals surface area (Å²) < 4.78 is 1.58. The van der Waals surface area contributed by atoms with Gasteiger partial charge in [0, 0.05) is 13.1 Å². The number of hydrogen-bond acceptors (Lipinski definition) is 3. The molecule has 0 aliphatic heterocycles. The number of amides is 1. The topological polar surface area (TPSA) is 72.9 Å². The highest BCUT2D eigenvalue weighted by Crippen LogP contribution is 2.20. The summed E-state index contributed by atoms with van der Waals surface area (Å²) in [6.45, 7) is 1.98. The Hall–Kier alpha value is -1.52. The van der Waals surface area contributed by atoms with E-state index in [0.29, 0.717) is 17.4 Å². The second-order valence-corrected chi connectivity index (χ2v) is 4.64. The van der Waals surface area contributed by atoms with Gasteiger partial charge in [0.25, 0.3) is 5.91 Å². The van der Waals surface area contributed by atoms with E-state index in [9.17, 15) is 4.79 Å². The molecule has 0 aromatic carbocycles. The number of aryl methyl sites for hydroxylation is 2. The first-order chi connectivity index (χ1) is 8.13. The quantitative estimate of drug-likeness (QED) is 0.829. The number of nitrogens with one attached hydrogen (secondary N) is 1. The molecular weight excluding hydrogens is 216 g/mol. The van der Waals surface area contributed by atoms with E-state index in [1.807, 2.05) is 6.92 Å². The van der Waals surface area contributed by atoms with Gasteiger partial charge < -0.3 is 11.1 Å². The molecule has 0 unspecified atom stereocenters. The fourth-order valence-electron chi connectivity index (χ4n) is 2.45. The van der Waals surface area contributed by atoms with Gasteiger partial charge in [-0.2, -0.15) is 5.10 Å². The molecule has 1 aliphatic carbocycles. The Bertz CT molecular complexity index is 418. The summed E-state index contributed by atoms with van der Waals surface area (Å²) in [5.41, 5.74) is 7.75. The smallest absolute Gasteiger partial charge is 0.271 e. The molecule has 0 bridgehead atoms. The molecule has 1 aromatic heterocycles. The zero-order valence-corrected chi connectivity index (χ0v) is 10.5. The SMILES string of the molecule is CCc1nn(C)c(C(=O)NC2CCCC2)c1N. The van der Waals surface area contributed by atoms with Crippen molar-refractivity contribution in [2.24, 2.45) is 7.05 Å². The van der Waals surface area contributed by atoms with Gasteiger partial charge in [-0.25, -0.2) is 0 Å². The van der Waals surface area contributed by atoms with Crippen molar-refractivity contribution in [1.29, 1.82) is 0 Å². The van der Waals surface area contributed by atoms with E-state index in [0.717, 1.165) is 25.0 Å². The van der Waals surface area contributed by atoms with Gasteiger partial charge in [-0.15, -0.1) is 0 Å². The monoisotopic (exact) mass is 236 g/mol. The number of rotatable bonds is 3. The van der Waals surface area contributed by atoms with Crippen LogP contribution in [0.1, 0.15) is 48.8 Å². The third-order valence-electron chi connectivity index (χ3n) is 3.40. The summed E-state index contributed by atoms with van der Waals surface area (Å²) in [4.78, 5) is 12.1. The van der Waals surface area contributed by atoms with Gasteiger partial charge >= 0.3 is 0 Å². The van der Waals surface area contributed by atoms with Crippen molar-refractivity contribution < 1.29 is 4.79 Å². The van der Waals surface area contributed by atoms with E-state index in [1.54, 1.807) is 11.7 Å². The molecule has 0 atom stereocenters. The molecule has 1 aromatic rings. The third-order valence-corrected chi connectivity index (χ3v) is 3.40. The van der Waals surface area contributed by atoms with Crippen LogP contribution in [-0.4, -0.2) is 21.7 Å². The van der Waals surface area contributed by atoms with Crippen molar-refractivity contribution in [2.45, 2.75) is 45.1 Å². The maximum atomic E-state index is 12.1. The average molecular weight is 236 g/mol. The molecule has 5 nitrogen and oxygen atoms in total. The molecule has 5 heteroatoms. The van der Waals surface area contributed by atoms with E-state index in [-0.39, 0.29) is 5.91 Å². The number of carbonyl (C=O) groups is 1. The molecule has 0 saturated heterocycles. The van der Waals surface area contributed by atoms with E-state index < -0.39 is 0 Å². The van der Waals surface area contributed by atoms with Gasteiger partial charge in [-0.1, -0.05) is 19.8 Å². The minimum absolute atomic E-state index is 0.0934. The maximum Gasteiger partial charge on any atom is 0.271 e. The van der Waals surface area contributed by atoms with E-state index in [1.165, 1.54) is 12.8 Å². The summed E-state index contributed by atoms with van der Waals surface area (Å²) in [6.07, 6.45) is 5.29. The van der Waals surface area contributed by atoms with Crippen LogP contribution in [0, 0.1) is 0 Å². The second-order valence-electron chi connectivity index (χ2n) is 4.64. The molecular formula is C12H20N4O. The maximum absolute atomic E-state index is 12.1. The second kappa shape index (κ2) is 4.77. The first-order valence-electron chi connectivity index (χ1n) is 6.25. The Kier molecular flexibility index (Phi) is 3.36. The predicted molar refractivity (Wildman–Crippen MR) is 66.7 cm³/mol. The lowest BCUT2D eigenvalue weighted by atomic mass is 10.2. The Morgan fingerprint density at radius 1 is 1.53 bits per heavy atom. The first kappa shape index (κ1) is 12.0. The molecule has 2 rings (SSSR count). The molecule has 1 amide bonds. The van der Waals surface area contributed by atoms with Crippen molar-refractivity contribution in [2.75, 3.05) is 5.73 Å². The standard InChI is InChI=1S/C12H20N4O/c1-3-9-10(13)11(16(2)15-9)12(17)14-8-6-4-5-7-8/h8H,3-7,13H2,1-2H3,(H,14,17). The van der Waals surface area contributed by atoms with Gasteiger partial charge in [-0.05, 0) is 19.3 Å². The van der Waals surface area contributed by atoms with Crippen LogP contribution in [0.25, 0.3) is 0 Å². The van der Waals surface area contributed by atoms with Crippen molar-refractivity contribution in [1.82, 2.24) is 15.1 Å². The van der Waals surface area contributed by atoms with Crippen LogP contribution in [0.2, 0.25) is 0 Å². The average Bonchev–Trinajstić information content (AvgIpc) is 2.87. The fourth-order valence-corrected chi connectivity index (χ4v) is 2.45. The highest BCUT2D eigenvalue weighted by atomic mass is 16.2. The van der Waals surface area contributed by atoms with E-state index in [4.69, 9.17) is 5.73 Å². The van der Waals surface area contributed by atoms with Crippen LogP contribution < -0.4 is 11.1 Å². The number of carbonyl (C=O) groups excluding carboxylic acids is 1. The van der Waals surface area contributed by atoms with Gasteiger partial charge in [0.2, 0.25) is 0 Å². The minimum Gasteiger partial charge on any atom is -0.395 e. The van der Waals surface area contributed by atoms with Crippen LogP contribution in [0.5, 0.6) is 0 Å². The normalized spacial score (nSPS) is 16.4. The minimum atomic E-state index is -0.0934. The molecule has 17 heavy (non-hydrogen) atoms. The summed E-state index contributed by atoms with van der Waals surface area (Å²) in [6, 6.07) is 0.307. The lowest BCUT2D eigenvalue weighted by Gasteiger charge is -2.12. The summed E-state index contributed by atoms with van der Waals surface area (Å²) in [5, 5.41) is 7.29. The number of anilines is 1. The number of aromatic nitrogens is 2. The Morgan fingerprint density at radius 3 is 2.71 bits per heavy atom. The largest absolute Gasteiger partial charge is 0.395 e. The van der Waals surface area contributed by atoms with Crippen LogP contribution in [0.15, 0.2) is 0 Å². The van der Waals surface area contributed by atoms with Crippen molar-refractivity contribution in [3.8, 4) is 0 Å². The van der Waals surface area contributed by atoms with Gasteiger partial charge in [-0.3, -0.25) is 9.48 Å². The zero-order chi connectivity index (χ0) is 12.4. The van der Waals surface area contributed by atoms with E-state index >= 15 is 0 Å². The molecule has 1 fully saturated rings. The van der Waals surface area contributed by atoms with Crippen LogP contribution in [0.4, 0.5) is 5.69 Å². The van der Waals surface area contributed by atoms with Gasteiger partial charge in [0.15, 0.2) is 0 Å². The number of nitrogens with two attached hydrogens (primary N) is 1. The number of hydrogen-bond donors (Lipinski definition) is 2. The molecule has 0 spiro atoms. The van der Waals surface area contributed by atoms with Crippen molar-refractivity contribution in [3.05, 3.63) is 11.4 Å². The predicted octanol–water partition coefficient (Wildman–Crippen LogP) is 1.24.